The Morgan fingerprint density at radius 2 is 2.00 bits per heavy atom. The van der Waals surface area contributed by atoms with Crippen molar-refractivity contribution in [2.75, 3.05) is 0 Å². The van der Waals surface area contributed by atoms with Crippen LogP contribution in [0, 0.1) is 0 Å². The van der Waals surface area contributed by atoms with Crippen molar-refractivity contribution < 1.29 is 4.42 Å². The number of furan rings is 1. The number of hydrogen-bond donors (Lipinski definition) is 0. The fourth-order valence-corrected chi connectivity index (χ4v) is 2.26. The Kier molecular flexibility index (Phi) is 1.87. The summed E-state index contributed by atoms with van der Waals surface area (Å²) in [5.41, 5.74) is 3.01. The summed E-state index contributed by atoms with van der Waals surface area (Å²) in [4.78, 5) is 0. The third-order valence-corrected chi connectivity index (χ3v) is 2.99. The zero-order valence-corrected chi connectivity index (χ0v) is 9.16. The Morgan fingerprint density at radius 3 is 2.75 bits per heavy atom. The van der Waals surface area contributed by atoms with E-state index >= 15 is 0 Å². The van der Waals surface area contributed by atoms with Crippen LogP contribution < -0.4 is 5.42 Å². The van der Waals surface area contributed by atoms with Gasteiger partial charge in [-0.25, -0.2) is 0 Å². The molecule has 1 nitrogen and oxygen atoms in total. The Bertz CT molecular complexity index is 732. The van der Waals surface area contributed by atoms with Crippen LogP contribution in [0.25, 0.3) is 33.9 Å². The summed E-state index contributed by atoms with van der Waals surface area (Å²) in [5.74, 6) is 0. The van der Waals surface area contributed by atoms with E-state index in [1.165, 1.54) is 16.2 Å². The molecule has 0 radical (unpaired) electrons. The lowest BCUT2D eigenvalue weighted by Crippen LogP contribution is -1.95. The Morgan fingerprint density at radius 1 is 1.12 bits per heavy atom. The quantitative estimate of drug-likeness (QED) is 0.593. The van der Waals surface area contributed by atoms with Gasteiger partial charge >= 0.3 is 0 Å². The lowest BCUT2D eigenvalue weighted by molar-refractivity contribution is 0.583. The molecule has 0 aliphatic carbocycles. The second-order valence-corrected chi connectivity index (χ2v) is 3.84. The molecule has 0 amide bonds. The molecular weight excluding hydrogens is 196 g/mol. The van der Waals surface area contributed by atoms with Gasteiger partial charge in [-0.1, -0.05) is 36.9 Å². The van der Waals surface area contributed by atoms with Crippen molar-refractivity contribution in [1.82, 2.24) is 0 Å². The van der Waals surface area contributed by atoms with Crippen LogP contribution in [0.15, 0.2) is 41.3 Å². The van der Waals surface area contributed by atoms with Gasteiger partial charge in [0.1, 0.15) is 11.0 Å². The largest absolute Gasteiger partial charge is 0.456 e. The lowest BCUT2D eigenvalue weighted by Gasteiger charge is -1.99. The normalized spacial score (nSPS) is 12.7. The van der Waals surface area contributed by atoms with Gasteiger partial charge in [0.05, 0.1) is 0 Å². The third kappa shape index (κ3) is 1.06. The highest BCUT2D eigenvalue weighted by molar-refractivity contribution is 6.11. The van der Waals surface area contributed by atoms with Crippen LogP contribution in [0.1, 0.15) is 12.5 Å². The molecule has 0 bridgehead atoms. The zero-order chi connectivity index (χ0) is 11.1. The predicted molar refractivity (Wildman–Crippen MR) is 69.2 cm³/mol. The standard InChI is InChI=1S/C15H12O/c1-3-10-8-9-11-6-5-7-13-15(11)14(10)12(4-2)16-13/h3-9H,1H2,2H3/b12-4+. The maximum absolute atomic E-state index is 5.83. The average Bonchev–Trinajstić information content (AvgIpc) is 2.71. The van der Waals surface area contributed by atoms with Crippen LogP contribution in [-0.2, 0) is 0 Å². The van der Waals surface area contributed by atoms with Crippen molar-refractivity contribution in [2.24, 2.45) is 0 Å². The summed E-state index contributed by atoms with van der Waals surface area (Å²) in [6.07, 6.45) is 3.88. The summed E-state index contributed by atoms with van der Waals surface area (Å²) >= 11 is 0. The SMILES string of the molecule is C=Cc1ccc2cccc3o/c(=C/C)c1c23. The first-order valence-electron chi connectivity index (χ1n) is 5.38. The molecule has 0 unspecified atom stereocenters. The van der Waals surface area contributed by atoms with E-state index in [1.807, 2.05) is 31.2 Å². The molecule has 0 saturated heterocycles. The van der Waals surface area contributed by atoms with Crippen molar-refractivity contribution in [1.29, 1.82) is 0 Å². The monoisotopic (exact) mass is 208 g/mol. The van der Waals surface area contributed by atoms with Crippen LogP contribution in [0.5, 0.6) is 0 Å². The van der Waals surface area contributed by atoms with Crippen molar-refractivity contribution in [3.8, 4) is 0 Å². The van der Waals surface area contributed by atoms with Gasteiger partial charge in [0, 0.05) is 10.8 Å². The van der Waals surface area contributed by atoms with Gasteiger partial charge in [-0.3, -0.25) is 0 Å². The van der Waals surface area contributed by atoms with Gasteiger partial charge in [-0.15, -0.1) is 0 Å². The second-order valence-electron chi connectivity index (χ2n) is 3.84. The summed E-state index contributed by atoms with van der Waals surface area (Å²) in [6.45, 7) is 5.85. The molecule has 16 heavy (non-hydrogen) atoms. The van der Waals surface area contributed by atoms with Crippen LogP contribution in [0.4, 0.5) is 0 Å². The van der Waals surface area contributed by atoms with E-state index in [-0.39, 0.29) is 0 Å². The molecule has 2 aromatic carbocycles. The van der Waals surface area contributed by atoms with Gasteiger partial charge in [-0.2, -0.15) is 0 Å². The number of rotatable bonds is 1. The molecule has 0 N–H and O–H groups in total. The van der Waals surface area contributed by atoms with E-state index < -0.39 is 0 Å². The molecule has 1 heterocycles. The molecule has 0 aliphatic heterocycles. The molecule has 0 spiro atoms. The van der Waals surface area contributed by atoms with E-state index in [9.17, 15) is 0 Å². The highest BCUT2D eigenvalue weighted by Gasteiger charge is 2.10. The molecule has 1 aromatic heterocycles. The molecule has 1 heteroatoms. The molecule has 78 valence electrons. The molecule has 0 fully saturated rings. The second kappa shape index (κ2) is 3.24. The molecule has 0 saturated carbocycles. The molecular formula is C15H12O. The van der Waals surface area contributed by atoms with Crippen LogP contribution in [-0.4, -0.2) is 0 Å². The van der Waals surface area contributed by atoms with Crippen LogP contribution in [0.2, 0.25) is 0 Å². The summed E-state index contributed by atoms with van der Waals surface area (Å²) in [7, 11) is 0. The van der Waals surface area contributed by atoms with Crippen LogP contribution >= 0.6 is 0 Å². The molecule has 3 aromatic rings. The summed E-state index contributed by atoms with van der Waals surface area (Å²) in [5, 5.41) is 3.59. The smallest absolute Gasteiger partial charge is 0.136 e. The highest BCUT2D eigenvalue weighted by atomic mass is 16.3. The predicted octanol–water partition coefficient (Wildman–Crippen LogP) is 3.75. The maximum Gasteiger partial charge on any atom is 0.136 e. The Labute approximate surface area is 93.7 Å². The van der Waals surface area contributed by atoms with Crippen LogP contribution in [0.3, 0.4) is 0 Å². The first-order valence-corrected chi connectivity index (χ1v) is 5.38. The van der Waals surface area contributed by atoms with E-state index in [0.717, 1.165) is 16.6 Å². The van der Waals surface area contributed by atoms with Gasteiger partial charge in [0.2, 0.25) is 0 Å². The van der Waals surface area contributed by atoms with Gasteiger partial charge in [-0.05, 0) is 30.0 Å². The van der Waals surface area contributed by atoms with Crippen molar-refractivity contribution in [3.05, 3.63) is 47.9 Å². The van der Waals surface area contributed by atoms with E-state index in [1.54, 1.807) is 0 Å². The number of hydrogen-bond acceptors (Lipinski definition) is 1. The first kappa shape index (κ1) is 9.22. The molecule has 0 aliphatic rings. The lowest BCUT2D eigenvalue weighted by atomic mass is 10.0. The fraction of sp³-hybridized carbons (Fsp3) is 0.0667. The zero-order valence-electron chi connectivity index (χ0n) is 9.16. The van der Waals surface area contributed by atoms with Gasteiger partial charge in [0.25, 0.3) is 0 Å². The minimum absolute atomic E-state index is 0.932. The van der Waals surface area contributed by atoms with Crippen molar-refractivity contribution in [2.45, 2.75) is 6.92 Å². The van der Waals surface area contributed by atoms with E-state index in [0.29, 0.717) is 0 Å². The van der Waals surface area contributed by atoms with Gasteiger partial charge < -0.3 is 4.42 Å². The van der Waals surface area contributed by atoms with E-state index in [4.69, 9.17) is 4.42 Å². The highest BCUT2D eigenvalue weighted by Crippen LogP contribution is 2.28. The van der Waals surface area contributed by atoms with Gasteiger partial charge in [0.15, 0.2) is 0 Å². The summed E-state index contributed by atoms with van der Waals surface area (Å²) < 4.78 is 5.83. The average molecular weight is 208 g/mol. The van der Waals surface area contributed by atoms with Crippen molar-refractivity contribution >= 4 is 33.9 Å². The molecule has 0 atom stereocenters. The topological polar surface area (TPSA) is 13.1 Å². The number of benzene rings is 2. The Balaban J connectivity index is 2.73. The minimum Gasteiger partial charge on any atom is -0.456 e. The molecule has 3 rings (SSSR count). The minimum atomic E-state index is 0.932. The third-order valence-electron chi connectivity index (χ3n) is 2.99. The van der Waals surface area contributed by atoms with E-state index in [2.05, 4.69) is 24.8 Å². The summed E-state index contributed by atoms with van der Waals surface area (Å²) in [6, 6.07) is 10.3. The first-order chi connectivity index (χ1) is 7.85. The Hall–Kier alpha value is -2.02. The maximum atomic E-state index is 5.83. The van der Waals surface area contributed by atoms with Crippen molar-refractivity contribution in [3.63, 3.8) is 0 Å². The fourth-order valence-electron chi connectivity index (χ4n) is 2.26.